The van der Waals surface area contributed by atoms with Crippen molar-refractivity contribution in [2.24, 2.45) is 16.3 Å². The zero-order valence-electron chi connectivity index (χ0n) is 20.7. The Bertz CT molecular complexity index is 1250. The second-order valence-electron chi connectivity index (χ2n) is 9.91. The highest BCUT2D eigenvalue weighted by Gasteiger charge is 2.32. The molecule has 0 N–H and O–H groups in total. The number of hydrogen-bond donors (Lipinski definition) is 0. The van der Waals surface area contributed by atoms with Crippen molar-refractivity contribution in [3.63, 3.8) is 0 Å². The summed E-state index contributed by atoms with van der Waals surface area (Å²) < 4.78 is 11.8. The van der Waals surface area contributed by atoms with Crippen LogP contribution in [0, 0.1) is 22.7 Å². The maximum atomic E-state index is 9.84. The maximum absolute atomic E-state index is 9.84. The zero-order chi connectivity index (χ0) is 25.0. The number of halogens is 1. The Balaban J connectivity index is 1.53. The quantitative estimate of drug-likeness (QED) is 0.304. The van der Waals surface area contributed by atoms with E-state index in [1.165, 1.54) is 10.4 Å². The summed E-state index contributed by atoms with van der Waals surface area (Å²) in [5.41, 5.74) is 4.13. The van der Waals surface area contributed by atoms with E-state index in [-0.39, 0.29) is 5.41 Å². The molecule has 1 atom stereocenters. The van der Waals surface area contributed by atoms with Crippen molar-refractivity contribution < 1.29 is 9.47 Å². The fourth-order valence-corrected chi connectivity index (χ4v) is 5.73. The second kappa shape index (κ2) is 10.8. The van der Waals surface area contributed by atoms with Gasteiger partial charge >= 0.3 is 0 Å². The Labute approximate surface area is 217 Å². The van der Waals surface area contributed by atoms with Crippen molar-refractivity contribution in [3.8, 4) is 17.6 Å². The van der Waals surface area contributed by atoms with E-state index in [9.17, 15) is 5.26 Å². The van der Waals surface area contributed by atoms with Gasteiger partial charge in [0, 0.05) is 16.1 Å². The lowest BCUT2D eigenvalue weighted by Crippen LogP contribution is -2.26. The van der Waals surface area contributed by atoms with Gasteiger partial charge in [0.2, 0.25) is 0 Å². The smallest absolute Gasteiger partial charge is 0.161 e. The van der Waals surface area contributed by atoms with Crippen LogP contribution in [0.4, 0.5) is 5.00 Å². The van der Waals surface area contributed by atoms with Crippen LogP contribution in [-0.2, 0) is 19.4 Å². The zero-order valence-corrected chi connectivity index (χ0v) is 22.3. The first-order chi connectivity index (χ1) is 16.8. The van der Waals surface area contributed by atoms with Gasteiger partial charge in [0.05, 0.1) is 12.2 Å². The topological polar surface area (TPSA) is 54.6 Å². The third-order valence-electron chi connectivity index (χ3n) is 6.49. The number of thiophene rings is 1. The number of nitrogens with zero attached hydrogens (tertiary/aromatic N) is 2. The normalized spacial score (nSPS) is 15.6. The molecule has 1 aromatic heterocycles. The van der Waals surface area contributed by atoms with E-state index >= 15 is 0 Å². The molecule has 4 nitrogen and oxygen atoms in total. The predicted octanol–water partition coefficient (Wildman–Crippen LogP) is 8.15. The van der Waals surface area contributed by atoms with E-state index in [0.29, 0.717) is 35.7 Å². The molecule has 0 radical (unpaired) electrons. The molecule has 182 valence electrons. The Morgan fingerprint density at radius 1 is 1.14 bits per heavy atom. The molecule has 0 amide bonds. The summed E-state index contributed by atoms with van der Waals surface area (Å²) >= 11 is 7.63. The summed E-state index contributed by atoms with van der Waals surface area (Å²) in [7, 11) is 0. The van der Waals surface area contributed by atoms with Crippen molar-refractivity contribution in [1.29, 1.82) is 5.26 Å². The maximum Gasteiger partial charge on any atom is 0.161 e. The van der Waals surface area contributed by atoms with Crippen LogP contribution in [0.15, 0.2) is 47.5 Å². The van der Waals surface area contributed by atoms with E-state index in [1.54, 1.807) is 11.3 Å². The van der Waals surface area contributed by atoms with E-state index in [0.717, 1.165) is 41.0 Å². The fourth-order valence-electron chi connectivity index (χ4n) is 4.38. The SMILES string of the molecule is CCOc1cc(C=Nc2sc3c(c2C#N)CC[C@@H](C(C)(C)C)C3)ccc1OCc1ccc(Cl)cc1. The van der Waals surface area contributed by atoms with Gasteiger partial charge in [-0.05, 0) is 84.5 Å². The largest absolute Gasteiger partial charge is 0.490 e. The van der Waals surface area contributed by atoms with Gasteiger partial charge in [0.25, 0.3) is 0 Å². The highest BCUT2D eigenvalue weighted by Crippen LogP contribution is 2.45. The lowest BCUT2D eigenvalue weighted by Gasteiger charge is -2.33. The van der Waals surface area contributed by atoms with Gasteiger partial charge in [-0.1, -0.05) is 44.5 Å². The van der Waals surface area contributed by atoms with Gasteiger partial charge in [-0.3, -0.25) is 0 Å². The van der Waals surface area contributed by atoms with Crippen LogP contribution in [0.1, 0.15) is 61.2 Å². The Kier molecular flexibility index (Phi) is 7.84. The molecule has 0 fully saturated rings. The average molecular weight is 507 g/mol. The van der Waals surface area contributed by atoms with Crippen LogP contribution >= 0.6 is 22.9 Å². The fraction of sp³-hybridized carbons (Fsp3) is 0.379. The van der Waals surface area contributed by atoms with Gasteiger partial charge in [0.1, 0.15) is 17.7 Å². The first-order valence-corrected chi connectivity index (χ1v) is 13.2. The molecule has 2 aromatic carbocycles. The van der Waals surface area contributed by atoms with Crippen molar-refractivity contribution in [3.05, 3.63) is 74.6 Å². The predicted molar refractivity (Wildman–Crippen MR) is 145 cm³/mol. The van der Waals surface area contributed by atoms with E-state index in [2.05, 4.69) is 26.8 Å². The van der Waals surface area contributed by atoms with Crippen LogP contribution in [0.5, 0.6) is 11.5 Å². The second-order valence-corrected chi connectivity index (χ2v) is 11.4. The first kappa shape index (κ1) is 25.3. The van der Waals surface area contributed by atoms with Crippen LogP contribution in [0.3, 0.4) is 0 Å². The Morgan fingerprint density at radius 2 is 1.91 bits per heavy atom. The lowest BCUT2D eigenvalue weighted by atomic mass is 9.72. The van der Waals surface area contributed by atoms with Crippen LogP contribution in [0.25, 0.3) is 0 Å². The molecule has 4 rings (SSSR count). The molecule has 1 aliphatic carbocycles. The molecule has 1 heterocycles. The standard InChI is InChI=1S/C29H31ClN2O2S/c1-5-33-26-14-20(8-13-25(26)34-18-19-6-10-22(30)11-7-19)17-32-28-24(16-31)23-12-9-21(29(2,3)4)15-27(23)35-28/h6-8,10-11,13-14,17,21H,5,9,12,15,18H2,1-4H3/t21-/m1/s1. The summed E-state index contributed by atoms with van der Waals surface area (Å²) in [6.45, 7) is 9.82. The summed E-state index contributed by atoms with van der Waals surface area (Å²) in [4.78, 5) is 6.05. The average Bonchev–Trinajstić information content (AvgIpc) is 3.19. The van der Waals surface area contributed by atoms with Crippen LogP contribution in [0.2, 0.25) is 5.02 Å². The van der Waals surface area contributed by atoms with Gasteiger partial charge in [-0.15, -0.1) is 11.3 Å². The van der Waals surface area contributed by atoms with Crippen molar-refractivity contribution in [1.82, 2.24) is 0 Å². The molecule has 0 aliphatic heterocycles. The molecule has 0 bridgehead atoms. The van der Waals surface area contributed by atoms with Gasteiger partial charge in [0.15, 0.2) is 11.5 Å². The molecule has 0 saturated carbocycles. The molecular weight excluding hydrogens is 476 g/mol. The summed E-state index contributed by atoms with van der Waals surface area (Å²) in [5, 5.41) is 11.3. The molecule has 6 heteroatoms. The number of ether oxygens (including phenoxy) is 2. The van der Waals surface area contributed by atoms with Crippen LogP contribution in [-0.4, -0.2) is 12.8 Å². The molecule has 3 aromatic rings. The summed E-state index contributed by atoms with van der Waals surface area (Å²) in [6, 6.07) is 15.8. The molecule has 0 unspecified atom stereocenters. The number of fused-ring (bicyclic) bond motifs is 1. The minimum absolute atomic E-state index is 0.269. The highest BCUT2D eigenvalue weighted by atomic mass is 35.5. The number of rotatable bonds is 7. The monoisotopic (exact) mass is 506 g/mol. The summed E-state index contributed by atoms with van der Waals surface area (Å²) in [6.07, 6.45) is 4.92. The Hall–Kier alpha value is -2.81. The number of nitriles is 1. The molecule has 0 spiro atoms. The minimum atomic E-state index is 0.269. The first-order valence-electron chi connectivity index (χ1n) is 12.0. The number of aliphatic imine (C=N–C) groups is 1. The van der Waals surface area contributed by atoms with E-state index in [1.807, 2.05) is 55.6 Å². The number of benzene rings is 2. The highest BCUT2D eigenvalue weighted by molar-refractivity contribution is 7.16. The third-order valence-corrected chi connectivity index (χ3v) is 7.90. The molecular formula is C29H31ClN2O2S. The molecule has 35 heavy (non-hydrogen) atoms. The van der Waals surface area contributed by atoms with Crippen molar-refractivity contribution >= 4 is 34.2 Å². The van der Waals surface area contributed by atoms with Crippen molar-refractivity contribution in [2.75, 3.05) is 6.61 Å². The van der Waals surface area contributed by atoms with Gasteiger partial charge < -0.3 is 9.47 Å². The minimum Gasteiger partial charge on any atom is -0.490 e. The Morgan fingerprint density at radius 3 is 2.60 bits per heavy atom. The van der Waals surface area contributed by atoms with E-state index < -0.39 is 0 Å². The molecule has 1 aliphatic rings. The number of hydrogen-bond acceptors (Lipinski definition) is 5. The van der Waals surface area contributed by atoms with Crippen molar-refractivity contribution in [2.45, 2.75) is 53.6 Å². The van der Waals surface area contributed by atoms with E-state index in [4.69, 9.17) is 26.1 Å². The summed E-state index contributed by atoms with van der Waals surface area (Å²) in [5.74, 6) is 1.98. The molecule has 0 saturated heterocycles. The van der Waals surface area contributed by atoms with Gasteiger partial charge in [-0.2, -0.15) is 5.26 Å². The van der Waals surface area contributed by atoms with Crippen LogP contribution < -0.4 is 9.47 Å². The third kappa shape index (κ3) is 6.07. The lowest BCUT2D eigenvalue weighted by molar-refractivity contribution is 0.218. The van der Waals surface area contributed by atoms with Gasteiger partial charge in [-0.25, -0.2) is 4.99 Å².